The van der Waals surface area contributed by atoms with E-state index in [4.69, 9.17) is 5.26 Å². The van der Waals surface area contributed by atoms with Crippen molar-refractivity contribution in [2.45, 2.75) is 26.4 Å². The highest BCUT2D eigenvalue weighted by atomic mass is 32.1. The first-order valence-corrected chi connectivity index (χ1v) is 7.34. The summed E-state index contributed by atoms with van der Waals surface area (Å²) in [4.78, 5) is 1.38. The monoisotopic (exact) mass is 270 g/mol. The molecule has 1 heterocycles. The number of hydrogen-bond acceptors (Lipinski definition) is 3. The van der Waals surface area contributed by atoms with Crippen LogP contribution in [0.4, 0.5) is 0 Å². The summed E-state index contributed by atoms with van der Waals surface area (Å²) in [6.07, 6.45) is 0. The molecule has 98 valence electrons. The summed E-state index contributed by atoms with van der Waals surface area (Å²) >= 11 is 1.80. The lowest BCUT2D eigenvalue weighted by Crippen LogP contribution is -2.24. The Bertz CT molecular complexity index is 535. The van der Waals surface area contributed by atoms with E-state index in [2.05, 4.69) is 42.7 Å². The molecule has 0 radical (unpaired) electrons. The van der Waals surface area contributed by atoms with Gasteiger partial charge in [-0.2, -0.15) is 5.26 Å². The summed E-state index contributed by atoms with van der Waals surface area (Å²) in [6, 6.07) is 14.6. The fraction of sp³-hybridized carbons (Fsp3) is 0.312. The smallest absolute Gasteiger partial charge is 0.0991 e. The van der Waals surface area contributed by atoms with Crippen LogP contribution >= 0.6 is 11.3 Å². The first-order chi connectivity index (χ1) is 9.20. The van der Waals surface area contributed by atoms with Gasteiger partial charge in [-0.1, -0.05) is 32.0 Å². The minimum absolute atomic E-state index is 0.385. The second-order valence-electron chi connectivity index (χ2n) is 4.93. The van der Waals surface area contributed by atoms with Gasteiger partial charge in [0.1, 0.15) is 0 Å². The largest absolute Gasteiger partial charge is 0.305 e. The minimum Gasteiger partial charge on any atom is -0.305 e. The molecule has 2 rings (SSSR count). The SMILES string of the molecule is CC(C)C(NCc1ccc(C#N)cc1)c1cccs1. The summed E-state index contributed by atoms with van der Waals surface area (Å²) in [5.41, 5.74) is 1.92. The van der Waals surface area contributed by atoms with E-state index in [9.17, 15) is 0 Å². The highest BCUT2D eigenvalue weighted by molar-refractivity contribution is 7.10. The maximum absolute atomic E-state index is 8.78. The zero-order valence-electron chi connectivity index (χ0n) is 11.3. The van der Waals surface area contributed by atoms with Crippen molar-refractivity contribution >= 4 is 11.3 Å². The number of hydrogen-bond donors (Lipinski definition) is 1. The van der Waals surface area contributed by atoms with E-state index in [1.165, 1.54) is 10.4 Å². The molecule has 0 aliphatic carbocycles. The number of thiophene rings is 1. The van der Waals surface area contributed by atoms with Crippen LogP contribution in [0.3, 0.4) is 0 Å². The first kappa shape index (κ1) is 13.8. The van der Waals surface area contributed by atoms with Crippen molar-refractivity contribution < 1.29 is 0 Å². The number of nitriles is 1. The maximum Gasteiger partial charge on any atom is 0.0991 e. The molecule has 0 fully saturated rings. The van der Waals surface area contributed by atoms with Crippen LogP contribution in [0.15, 0.2) is 41.8 Å². The van der Waals surface area contributed by atoms with Crippen LogP contribution in [-0.2, 0) is 6.54 Å². The van der Waals surface area contributed by atoms with Gasteiger partial charge in [0.15, 0.2) is 0 Å². The third-order valence-electron chi connectivity index (χ3n) is 3.13. The van der Waals surface area contributed by atoms with Crippen LogP contribution in [0.25, 0.3) is 0 Å². The van der Waals surface area contributed by atoms with Gasteiger partial charge in [0.2, 0.25) is 0 Å². The first-order valence-electron chi connectivity index (χ1n) is 6.46. The van der Waals surface area contributed by atoms with Gasteiger partial charge >= 0.3 is 0 Å². The average Bonchev–Trinajstić information content (AvgIpc) is 2.93. The average molecular weight is 270 g/mol. The Kier molecular flexibility index (Phi) is 4.73. The molecule has 1 N–H and O–H groups in total. The van der Waals surface area contributed by atoms with E-state index >= 15 is 0 Å². The van der Waals surface area contributed by atoms with Crippen molar-refractivity contribution in [3.8, 4) is 6.07 Å². The Labute approximate surface area is 118 Å². The van der Waals surface area contributed by atoms with Gasteiger partial charge in [-0.3, -0.25) is 0 Å². The zero-order valence-corrected chi connectivity index (χ0v) is 12.1. The van der Waals surface area contributed by atoms with E-state index in [-0.39, 0.29) is 0 Å². The highest BCUT2D eigenvalue weighted by Gasteiger charge is 2.15. The van der Waals surface area contributed by atoms with Gasteiger partial charge in [0.25, 0.3) is 0 Å². The molecular weight excluding hydrogens is 252 g/mol. The Morgan fingerprint density at radius 2 is 1.95 bits per heavy atom. The summed E-state index contributed by atoms with van der Waals surface area (Å²) in [7, 11) is 0. The van der Waals surface area contributed by atoms with Gasteiger partial charge in [0, 0.05) is 17.5 Å². The molecule has 1 unspecified atom stereocenters. The lowest BCUT2D eigenvalue weighted by molar-refractivity contribution is 0.416. The third-order valence-corrected chi connectivity index (χ3v) is 4.08. The highest BCUT2D eigenvalue weighted by Crippen LogP contribution is 2.26. The van der Waals surface area contributed by atoms with Gasteiger partial charge in [0.05, 0.1) is 11.6 Å². The predicted molar refractivity (Wildman–Crippen MR) is 79.9 cm³/mol. The van der Waals surface area contributed by atoms with Crippen molar-refractivity contribution in [3.05, 3.63) is 57.8 Å². The quantitative estimate of drug-likeness (QED) is 0.887. The summed E-state index contributed by atoms with van der Waals surface area (Å²) in [5.74, 6) is 0.553. The Morgan fingerprint density at radius 3 is 2.47 bits per heavy atom. The fourth-order valence-corrected chi connectivity index (χ4v) is 3.03. The lowest BCUT2D eigenvalue weighted by Gasteiger charge is -2.21. The lowest BCUT2D eigenvalue weighted by atomic mass is 10.0. The molecule has 1 aromatic heterocycles. The molecule has 0 saturated heterocycles. The molecule has 0 bridgehead atoms. The normalized spacial score (nSPS) is 12.3. The molecule has 0 aliphatic heterocycles. The predicted octanol–water partition coefficient (Wildman–Crippen LogP) is 4.11. The van der Waals surface area contributed by atoms with Crippen LogP contribution in [0.1, 0.15) is 35.9 Å². The number of nitrogens with one attached hydrogen (secondary N) is 1. The van der Waals surface area contributed by atoms with Crippen LogP contribution in [0, 0.1) is 17.2 Å². The molecular formula is C16H18N2S. The summed E-state index contributed by atoms with van der Waals surface area (Å²) in [6.45, 7) is 5.29. The molecule has 0 aliphatic rings. The second-order valence-corrected chi connectivity index (χ2v) is 5.91. The molecule has 2 aromatic rings. The molecule has 0 spiro atoms. The number of rotatable bonds is 5. The molecule has 3 heteroatoms. The summed E-state index contributed by atoms with van der Waals surface area (Å²) in [5, 5.41) is 14.5. The van der Waals surface area contributed by atoms with Crippen molar-refractivity contribution in [2.75, 3.05) is 0 Å². The Balaban J connectivity index is 2.01. The van der Waals surface area contributed by atoms with E-state index in [0.717, 1.165) is 6.54 Å². The molecule has 1 aromatic carbocycles. The molecule has 19 heavy (non-hydrogen) atoms. The fourth-order valence-electron chi connectivity index (χ4n) is 2.06. The van der Waals surface area contributed by atoms with Gasteiger partial charge < -0.3 is 5.32 Å². The topological polar surface area (TPSA) is 35.8 Å². The maximum atomic E-state index is 8.78. The van der Waals surface area contributed by atoms with Crippen molar-refractivity contribution in [3.63, 3.8) is 0 Å². The van der Waals surface area contributed by atoms with Gasteiger partial charge in [-0.15, -0.1) is 11.3 Å². The van der Waals surface area contributed by atoms with Crippen LogP contribution in [-0.4, -0.2) is 0 Å². The molecule has 0 saturated carbocycles. The van der Waals surface area contributed by atoms with Crippen molar-refractivity contribution in [2.24, 2.45) is 5.92 Å². The van der Waals surface area contributed by atoms with Crippen LogP contribution in [0.5, 0.6) is 0 Å². The van der Waals surface area contributed by atoms with Gasteiger partial charge in [-0.25, -0.2) is 0 Å². The number of nitrogens with zero attached hydrogens (tertiary/aromatic N) is 1. The van der Waals surface area contributed by atoms with Crippen LogP contribution in [0.2, 0.25) is 0 Å². The van der Waals surface area contributed by atoms with E-state index in [1.54, 1.807) is 11.3 Å². The summed E-state index contributed by atoms with van der Waals surface area (Å²) < 4.78 is 0. The Hall–Kier alpha value is -1.63. The van der Waals surface area contributed by atoms with Gasteiger partial charge in [-0.05, 0) is 35.1 Å². The standard InChI is InChI=1S/C16H18N2S/c1-12(2)16(15-4-3-9-19-15)18-11-14-7-5-13(10-17)6-8-14/h3-9,12,16,18H,11H2,1-2H3. The van der Waals surface area contributed by atoms with Crippen LogP contribution < -0.4 is 5.32 Å². The van der Waals surface area contributed by atoms with E-state index in [1.807, 2.05) is 24.3 Å². The van der Waals surface area contributed by atoms with Crippen molar-refractivity contribution in [1.29, 1.82) is 5.26 Å². The minimum atomic E-state index is 0.385. The molecule has 2 nitrogen and oxygen atoms in total. The van der Waals surface area contributed by atoms with E-state index in [0.29, 0.717) is 17.5 Å². The Morgan fingerprint density at radius 1 is 1.21 bits per heavy atom. The molecule has 1 atom stereocenters. The van der Waals surface area contributed by atoms with E-state index < -0.39 is 0 Å². The number of benzene rings is 1. The van der Waals surface area contributed by atoms with Crippen molar-refractivity contribution in [1.82, 2.24) is 5.32 Å². The zero-order chi connectivity index (χ0) is 13.7. The third kappa shape index (κ3) is 3.66. The second kappa shape index (κ2) is 6.51. The molecule has 0 amide bonds.